The van der Waals surface area contributed by atoms with Gasteiger partial charge in [-0.2, -0.15) is 4.98 Å². The average Bonchev–Trinajstić information content (AvgIpc) is 2.64. The van der Waals surface area contributed by atoms with Crippen molar-refractivity contribution in [3.8, 4) is 11.6 Å². The molecule has 1 saturated heterocycles. The first kappa shape index (κ1) is 18.0. The van der Waals surface area contributed by atoms with Crippen molar-refractivity contribution in [3.05, 3.63) is 36.2 Å². The molecule has 0 atom stereocenters. The lowest BCUT2D eigenvalue weighted by molar-refractivity contribution is -0.142. The summed E-state index contributed by atoms with van der Waals surface area (Å²) in [5.74, 6) is 0.979. The van der Waals surface area contributed by atoms with Crippen LogP contribution in [0, 0.1) is 5.92 Å². The second-order valence-corrected chi connectivity index (χ2v) is 6.84. The van der Waals surface area contributed by atoms with Crippen molar-refractivity contribution in [3.63, 3.8) is 0 Å². The Balaban J connectivity index is 1.74. The van der Waals surface area contributed by atoms with E-state index in [1.54, 1.807) is 0 Å². The van der Waals surface area contributed by atoms with Gasteiger partial charge >= 0.3 is 5.97 Å². The van der Waals surface area contributed by atoms with Crippen LogP contribution < -0.4 is 15.4 Å². The number of anilines is 2. The number of carbonyl (C=O) groups is 1. The molecule has 1 fully saturated rings. The number of nitrogens with two attached hydrogens (primary N) is 1. The highest BCUT2D eigenvalue weighted by Gasteiger charge is 2.27. The summed E-state index contributed by atoms with van der Waals surface area (Å²) >= 11 is 0. The van der Waals surface area contributed by atoms with Gasteiger partial charge in [-0.25, -0.2) is 4.98 Å². The third kappa shape index (κ3) is 3.87. The Kier molecular flexibility index (Phi) is 5.25. The van der Waals surface area contributed by atoms with E-state index < -0.39 is 5.97 Å². The van der Waals surface area contributed by atoms with E-state index in [9.17, 15) is 4.79 Å². The summed E-state index contributed by atoms with van der Waals surface area (Å²) < 4.78 is 5.84. The van der Waals surface area contributed by atoms with Crippen molar-refractivity contribution in [2.75, 3.05) is 23.7 Å². The van der Waals surface area contributed by atoms with Gasteiger partial charge in [0.1, 0.15) is 17.8 Å². The quantitative estimate of drug-likeness (QED) is 0.847. The van der Waals surface area contributed by atoms with Crippen molar-refractivity contribution >= 4 is 17.5 Å². The van der Waals surface area contributed by atoms with Gasteiger partial charge in [0, 0.05) is 13.1 Å². The molecule has 26 heavy (non-hydrogen) atoms. The van der Waals surface area contributed by atoms with E-state index in [1.165, 1.54) is 11.9 Å². The molecule has 138 valence electrons. The molecule has 1 aromatic heterocycles. The number of carboxylic acid groups (broad SMARTS) is 1. The van der Waals surface area contributed by atoms with Crippen LogP contribution in [0.25, 0.3) is 0 Å². The molecule has 1 aliphatic rings. The highest BCUT2D eigenvalue weighted by atomic mass is 16.5. The van der Waals surface area contributed by atoms with Crippen molar-refractivity contribution in [2.24, 2.45) is 5.92 Å². The van der Waals surface area contributed by atoms with Crippen molar-refractivity contribution in [2.45, 2.75) is 32.6 Å². The molecule has 1 aromatic carbocycles. The van der Waals surface area contributed by atoms with Crippen LogP contribution in [0.1, 0.15) is 38.2 Å². The van der Waals surface area contributed by atoms with Crippen LogP contribution in [0.5, 0.6) is 11.6 Å². The maximum atomic E-state index is 11.1. The minimum absolute atomic E-state index is 0.301. The predicted molar refractivity (Wildman–Crippen MR) is 99.6 cm³/mol. The van der Waals surface area contributed by atoms with E-state index >= 15 is 0 Å². The number of aromatic nitrogens is 2. The van der Waals surface area contributed by atoms with Gasteiger partial charge in [0.2, 0.25) is 5.88 Å². The number of rotatable bonds is 5. The molecule has 0 bridgehead atoms. The molecular formula is C19H24N4O3. The van der Waals surface area contributed by atoms with E-state index in [0.717, 1.165) is 0 Å². The van der Waals surface area contributed by atoms with E-state index in [2.05, 4.69) is 23.8 Å². The number of aliphatic carboxylic acids is 1. The number of nitrogens with zero attached hydrogens (tertiary/aromatic N) is 3. The first-order chi connectivity index (χ1) is 12.5. The molecule has 0 radical (unpaired) electrons. The number of nitrogen functional groups attached to an aromatic ring is 1. The third-order valence-electron chi connectivity index (χ3n) is 4.73. The fourth-order valence-corrected chi connectivity index (χ4v) is 3.07. The maximum Gasteiger partial charge on any atom is 0.306 e. The Bertz CT molecular complexity index is 769. The molecule has 3 rings (SSSR count). The summed E-state index contributed by atoms with van der Waals surface area (Å²) in [6.45, 7) is 5.47. The van der Waals surface area contributed by atoms with Crippen LogP contribution in [-0.4, -0.2) is 34.1 Å². The molecule has 2 heterocycles. The highest BCUT2D eigenvalue weighted by Crippen LogP contribution is 2.33. The van der Waals surface area contributed by atoms with Gasteiger partial charge in [-0.15, -0.1) is 0 Å². The van der Waals surface area contributed by atoms with Crippen molar-refractivity contribution < 1.29 is 14.6 Å². The lowest BCUT2D eigenvalue weighted by Gasteiger charge is -2.31. The standard InChI is InChI=1S/C19H24N4O3/c1-12(2)13-3-5-15(6-4-13)26-18-16(20)17(21-11-22-18)23-9-7-14(8-10-23)19(24)25/h3-6,11-12,14H,7-10,20H2,1-2H3,(H,24,25). The van der Waals surface area contributed by atoms with Gasteiger partial charge in [0.05, 0.1) is 5.92 Å². The van der Waals surface area contributed by atoms with Crippen molar-refractivity contribution in [1.82, 2.24) is 9.97 Å². The summed E-state index contributed by atoms with van der Waals surface area (Å²) in [4.78, 5) is 21.5. The fraction of sp³-hybridized carbons (Fsp3) is 0.421. The number of hydrogen-bond donors (Lipinski definition) is 2. The Morgan fingerprint density at radius 2 is 1.88 bits per heavy atom. The molecule has 0 spiro atoms. The minimum atomic E-state index is -0.742. The van der Waals surface area contributed by atoms with Crippen LogP contribution in [0.15, 0.2) is 30.6 Å². The van der Waals surface area contributed by atoms with Crippen LogP contribution >= 0.6 is 0 Å². The van der Waals surface area contributed by atoms with E-state index in [0.29, 0.717) is 55.0 Å². The maximum absolute atomic E-state index is 11.1. The molecule has 7 nitrogen and oxygen atoms in total. The zero-order chi connectivity index (χ0) is 18.7. The molecule has 0 saturated carbocycles. The van der Waals surface area contributed by atoms with E-state index in [1.807, 2.05) is 29.2 Å². The first-order valence-corrected chi connectivity index (χ1v) is 8.81. The minimum Gasteiger partial charge on any atom is -0.481 e. The van der Waals surface area contributed by atoms with Crippen LogP contribution in [0.2, 0.25) is 0 Å². The number of ether oxygens (including phenoxy) is 1. The van der Waals surface area contributed by atoms with Gasteiger partial charge in [-0.05, 0) is 36.5 Å². The van der Waals surface area contributed by atoms with Crippen LogP contribution in [0.4, 0.5) is 11.5 Å². The Hall–Kier alpha value is -2.83. The molecule has 7 heteroatoms. The Labute approximate surface area is 152 Å². The van der Waals surface area contributed by atoms with E-state index in [-0.39, 0.29) is 5.92 Å². The van der Waals surface area contributed by atoms with Crippen LogP contribution in [0.3, 0.4) is 0 Å². The average molecular weight is 356 g/mol. The highest BCUT2D eigenvalue weighted by molar-refractivity contribution is 5.72. The normalized spacial score (nSPS) is 15.3. The Morgan fingerprint density at radius 3 is 2.46 bits per heavy atom. The van der Waals surface area contributed by atoms with Gasteiger partial charge in [0.15, 0.2) is 5.82 Å². The SMILES string of the molecule is CC(C)c1ccc(Oc2ncnc(N3CCC(C(=O)O)CC3)c2N)cc1. The smallest absolute Gasteiger partial charge is 0.306 e. The lowest BCUT2D eigenvalue weighted by Crippen LogP contribution is -2.37. The number of piperidine rings is 1. The number of benzene rings is 1. The molecular weight excluding hydrogens is 332 g/mol. The molecule has 1 aliphatic heterocycles. The monoisotopic (exact) mass is 356 g/mol. The van der Waals surface area contributed by atoms with Gasteiger partial charge in [0.25, 0.3) is 0 Å². The summed E-state index contributed by atoms with van der Waals surface area (Å²) in [6.07, 6.45) is 2.57. The number of carboxylic acids is 1. The largest absolute Gasteiger partial charge is 0.481 e. The summed E-state index contributed by atoms with van der Waals surface area (Å²) in [5.41, 5.74) is 7.83. The van der Waals surface area contributed by atoms with Gasteiger partial charge in [-0.1, -0.05) is 26.0 Å². The molecule has 0 aliphatic carbocycles. The summed E-state index contributed by atoms with van der Waals surface area (Å²) in [7, 11) is 0. The second-order valence-electron chi connectivity index (χ2n) is 6.84. The number of hydrogen-bond acceptors (Lipinski definition) is 6. The van der Waals surface area contributed by atoms with Crippen molar-refractivity contribution in [1.29, 1.82) is 0 Å². The molecule has 0 amide bonds. The summed E-state index contributed by atoms with van der Waals surface area (Å²) in [5, 5.41) is 9.12. The predicted octanol–water partition coefficient (Wildman–Crippen LogP) is 3.28. The van der Waals surface area contributed by atoms with E-state index in [4.69, 9.17) is 15.6 Å². The molecule has 2 aromatic rings. The van der Waals surface area contributed by atoms with Gasteiger partial charge in [-0.3, -0.25) is 4.79 Å². The van der Waals surface area contributed by atoms with Gasteiger partial charge < -0.3 is 20.5 Å². The summed E-state index contributed by atoms with van der Waals surface area (Å²) in [6, 6.07) is 7.84. The molecule has 0 unspecified atom stereocenters. The lowest BCUT2D eigenvalue weighted by atomic mass is 9.97. The molecule has 3 N–H and O–H groups in total. The fourth-order valence-electron chi connectivity index (χ4n) is 3.07. The topological polar surface area (TPSA) is 102 Å². The first-order valence-electron chi connectivity index (χ1n) is 8.81. The third-order valence-corrected chi connectivity index (χ3v) is 4.73. The zero-order valence-electron chi connectivity index (χ0n) is 15.1. The van der Waals surface area contributed by atoms with Crippen LogP contribution in [-0.2, 0) is 4.79 Å². The zero-order valence-corrected chi connectivity index (χ0v) is 15.1. The Morgan fingerprint density at radius 1 is 1.23 bits per heavy atom. The second kappa shape index (κ2) is 7.59.